The Labute approximate surface area is 175 Å². The minimum absolute atomic E-state index is 0.192. The molecule has 3 rings (SSSR count). The zero-order valence-corrected chi connectivity index (χ0v) is 17.1. The third-order valence-corrected chi connectivity index (χ3v) is 4.50. The van der Waals surface area contributed by atoms with Gasteiger partial charge in [-0.05, 0) is 66.6 Å². The maximum Gasteiger partial charge on any atom is 0.180 e. The molecular formula is C23H23ClFNO3. The number of hydrogen-bond donors (Lipinski definition) is 1. The van der Waals surface area contributed by atoms with Crippen molar-refractivity contribution in [3.8, 4) is 17.2 Å². The van der Waals surface area contributed by atoms with Crippen LogP contribution in [0.3, 0.4) is 0 Å². The number of nitrogens with one attached hydrogen (secondary N) is 1. The molecule has 4 nitrogen and oxygen atoms in total. The highest BCUT2D eigenvalue weighted by Crippen LogP contribution is 2.37. The first-order valence-electron chi connectivity index (χ1n) is 9.29. The van der Waals surface area contributed by atoms with Crippen LogP contribution in [0, 0.1) is 5.82 Å². The van der Waals surface area contributed by atoms with Gasteiger partial charge in [-0.1, -0.05) is 23.7 Å². The van der Waals surface area contributed by atoms with Crippen molar-refractivity contribution in [1.82, 2.24) is 0 Å². The molecule has 0 fully saturated rings. The molecule has 0 saturated heterocycles. The van der Waals surface area contributed by atoms with Gasteiger partial charge in [0, 0.05) is 12.2 Å². The summed E-state index contributed by atoms with van der Waals surface area (Å²) in [4.78, 5) is 0. The lowest BCUT2D eigenvalue weighted by atomic mass is 10.2. The fourth-order valence-electron chi connectivity index (χ4n) is 2.84. The number of ether oxygens (including phenoxy) is 3. The molecule has 29 heavy (non-hydrogen) atoms. The summed E-state index contributed by atoms with van der Waals surface area (Å²) in [5.74, 6) is 1.49. The van der Waals surface area contributed by atoms with Gasteiger partial charge in [0.25, 0.3) is 0 Å². The number of benzene rings is 3. The Morgan fingerprint density at radius 2 is 1.76 bits per heavy atom. The van der Waals surface area contributed by atoms with E-state index in [9.17, 15) is 4.39 Å². The van der Waals surface area contributed by atoms with E-state index in [1.165, 1.54) is 12.1 Å². The van der Waals surface area contributed by atoms with Gasteiger partial charge in [-0.2, -0.15) is 0 Å². The van der Waals surface area contributed by atoms with Crippen LogP contribution in [0.5, 0.6) is 17.2 Å². The average molecular weight is 416 g/mol. The topological polar surface area (TPSA) is 39.7 Å². The van der Waals surface area contributed by atoms with E-state index in [1.807, 2.05) is 43.3 Å². The first-order chi connectivity index (χ1) is 14.1. The Kier molecular flexibility index (Phi) is 7.19. The molecule has 0 bridgehead atoms. The van der Waals surface area contributed by atoms with Gasteiger partial charge in [-0.25, -0.2) is 4.39 Å². The third-order valence-electron chi connectivity index (χ3n) is 4.22. The van der Waals surface area contributed by atoms with E-state index in [0.717, 1.165) is 17.0 Å². The van der Waals surface area contributed by atoms with Crippen LogP contribution in [0.4, 0.5) is 10.1 Å². The standard InChI is InChI=1S/C23H23ClFNO3/c1-3-28-20-9-7-19(8-10-20)26-14-17-12-21(24)23(22(13-17)27-2)29-15-16-5-4-6-18(25)11-16/h4-13,26H,3,14-15H2,1-2H3. The summed E-state index contributed by atoms with van der Waals surface area (Å²) in [6.07, 6.45) is 0. The second-order valence-corrected chi connectivity index (χ2v) is 6.75. The summed E-state index contributed by atoms with van der Waals surface area (Å²) in [6, 6.07) is 17.7. The van der Waals surface area contributed by atoms with Crippen LogP contribution in [0.25, 0.3) is 0 Å². The van der Waals surface area contributed by atoms with Gasteiger partial charge in [0.2, 0.25) is 0 Å². The Morgan fingerprint density at radius 3 is 2.45 bits per heavy atom. The molecule has 0 unspecified atom stereocenters. The summed E-state index contributed by atoms with van der Waals surface area (Å²) >= 11 is 6.42. The molecule has 6 heteroatoms. The molecule has 0 aromatic heterocycles. The Balaban J connectivity index is 1.67. The van der Waals surface area contributed by atoms with Crippen LogP contribution >= 0.6 is 11.6 Å². The Bertz CT molecular complexity index is 947. The van der Waals surface area contributed by atoms with Gasteiger partial charge in [0.1, 0.15) is 18.2 Å². The molecule has 0 aliphatic rings. The van der Waals surface area contributed by atoms with Crippen molar-refractivity contribution >= 4 is 17.3 Å². The SMILES string of the molecule is CCOc1ccc(NCc2cc(Cl)c(OCc3cccc(F)c3)c(OC)c2)cc1. The number of hydrogen-bond acceptors (Lipinski definition) is 4. The molecule has 0 saturated carbocycles. The van der Waals surface area contributed by atoms with Crippen molar-refractivity contribution in [2.24, 2.45) is 0 Å². The van der Waals surface area contributed by atoms with Crippen molar-refractivity contribution in [2.75, 3.05) is 19.0 Å². The fraction of sp³-hybridized carbons (Fsp3) is 0.217. The van der Waals surface area contributed by atoms with Crippen molar-refractivity contribution in [3.63, 3.8) is 0 Å². The minimum atomic E-state index is -0.306. The molecule has 3 aromatic rings. The summed E-state index contributed by atoms with van der Waals surface area (Å²) in [5.41, 5.74) is 2.62. The van der Waals surface area contributed by atoms with E-state index < -0.39 is 0 Å². The molecule has 0 atom stereocenters. The van der Waals surface area contributed by atoms with E-state index in [2.05, 4.69) is 5.32 Å². The van der Waals surface area contributed by atoms with Crippen molar-refractivity contribution in [1.29, 1.82) is 0 Å². The molecule has 0 heterocycles. The summed E-state index contributed by atoms with van der Waals surface area (Å²) in [7, 11) is 1.56. The molecule has 3 aromatic carbocycles. The van der Waals surface area contributed by atoms with Gasteiger partial charge in [-0.3, -0.25) is 0 Å². The smallest absolute Gasteiger partial charge is 0.180 e. The number of methoxy groups -OCH3 is 1. The van der Waals surface area contributed by atoms with Gasteiger partial charge >= 0.3 is 0 Å². The zero-order chi connectivity index (χ0) is 20.6. The van der Waals surface area contributed by atoms with Crippen LogP contribution in [0.1, 0.15) is 18.1 Å². The van der Waals surface area contributed by atoms with Gasteiger partial charge in [-0.15, -0.1) is 0 Å². The average Bonchev–Trinajstić information content (AvgIpc) is 2.72. The first kappa shape index (κ1) is 20.8. The summed E-state index contributed by atoms with van der Waals surface area (Å²) < 4.78 is 30.0. The maximum absolute atomic E-state index is 13.3. The summed E-state index contributed by atoms with van der Waals surface area (Å²) in [5, 5.41) is 3.77. The lowest BCUT2D eigenvalue weighted by Gasteiger charge is -2.15. The predicted molar refractivity (Wildman–Crippen MR) is 114 cm³/mol. The summed E-state index contributed by atoms with van der Waals surface area (Å²) in [6.45, 7) is 3.35. The highest BCUT2D eigenvalue weighted by atomic mass is 35.5. The minimum Gasteiger partial charge on any atom is -0.494 e. The normalized spacial score (nSPS) is 10.5. The largest absolute Gasteiger partial charge is 0.494 e. The van der Waals surface area contributed by atoms with Crippen molar-refractivity contribution in [2.45, 2.75) is 20.1 Å². The highest BCUT2D eigenvalue weighted by molar-refractivity contribution is 6.32. The van der Waals surface area contributed by atoms with Crippen LogP contribution in [-0.4, -0.2) is 13.7 Å². The van der Waals surface area contributed by atoms with E-state index in [1.54, 1.807) is 19.2 Å². The van der Waals surface area contributed by atoms with Gasteiger partial charge in [0.15, 0.2) is 11.5 Å². The number of rotatable bonds is 9. The van der Waals surface area contributed by atoms with E-state index in [0.29, 0.717) is 35.2 Å². The second-order valence-electron chi connectivity index (χ2n) is 6.34. The lowest BCUT2D eigenvalue weighted by Crippen LogP contribution is -2.03. The molecule has 1 N–H and O–H groups in total. The highest BCUT2D eigenvalue weighted by Gasteiger charge is 2.13. The zero-order valence-electron chi connectivity index (χ0n) is 16.4. The van der Waals surface area contributed by atoms with Crippen LogP contribution in [-0.2, 0) is 13.2 Å². The van der Waals surface area contributed by atoms with Crippen molar-refractivity contribution < 1.29 is 18.6 Å². The predicted octanol–water partition coefficient (Wildman–Crippen LogP) is 6.08. The van der Waals surface area contributed by atoms with Crippen molar-refractivity contribution in [3.05, 3.63) is 82.6 Å². The van der Waals surface area contributed by atoms with Crippen LogP contribution < -0.4 is 19.5 Å². The second kappa shape index (κ2) is 10.0. The molecule has 0 spiro atoms. The van der Waals surface area contributed by atoms with Crippen LogP contribution in [0.15, 0.2) is 60.7 Å². The van der Waals surface area contributed by atoms with Crippen LogP contribution in [0.2, 0.25) is 5.02 Å². The van der Waals surface area contributed by atoms with E-state index >= 15 is 0 Å². The quantitative estimate of drug-likeness (QED) is 0.460. The molecule has 0 amide bonds. The molecule has 152 valence electrons. The lowest BCUT2D eigenvalue weighted by molar-refractivity contribution is 0.284. The molecule has 0 aliphatic carbocycles. The number of halogens is 2. The van der Waals surface area contributed by atoms with E-state index in [4.69, 9.17) is 25.8 Å². The monoisotopic (exact) mass is 415 g/mol. The first-order valence-corrected chi connectivity index (χ1v) is 9.67. The molecule has 0 aliphatic heterocycles. The molecule has 0 radical (unpaired) electrons. The molecular weight excluding hydrogens is 393 g/mol. The van der Waals surface area contributed by atoms with Gasteiger partial charge in [0.05, 0.1) is 18.7 Å². The Hall–Kier alpha value is -2.92. The van der Waals surface area contributed by atoms with E-state index in [-0.39, 0.29) is 12.4 Å². The number of anilines is 1. The Morgan fingerprint density at radius 1 is 0.966 bits per heavy atom. The maximum atomic E-state index is 13.3. The third kappa shape index (κ3) is 5.78. The van der Waals surface area contributed by atoms with Gasteiger partial charge < -0.3 is 19.5 Å². The fourth-order valence-corrected chi connectivity index (χ4v) is 3.13.